The second-order valence-corrected chi connectivity index (χ2v) is 3.23. The van der Waals surface area contributed by atoms with Crippen molar-refractivity contribution in [2.45, 2.75) is 19.5 Å². The number of aromatic nitrogens is 2. The van der Waals surface area contributed by atoms with Crippen LogP contribution in [0.15, 0.2) is 24.3 Å². The van der Waals surface area contributed by atoms with E-state index in [9.17, 15) is 17.6 Å². The number of nitrogens with zero attached hydrogens (tertiary/aromatic N) is 2. The highest BCUT2D eigenvalue weighted by Gasteiger charge is 2.34. The Morgan fingerprint density at radius 3 is 2.72 bits per heavy atom. The number of nitrogens with one attached hydrogen (secondary N) is 2. The van der Waals surface area contributed by atoms with E-state index in [4.69, 9.17) is 5.41 Å². The van der Waals surface area contributed by atoms with Gasteiger partial charge in [-0.2, -0.15) is 13.2 Å². The van der Waals surface area contributed by atoms with Gasteiger partial charge in [0.15, 0.2) is 5.83 Å². The molecule has 1 rings (SSSR count). The number of alkyl halides is 3. The number of allylic oxidation sites excluding steroid dienone is 1. The summed E-state index contributed by atoms with van der Waals surface area (Å²) >= 11 is 0. The first-order chi connectivity index (χ1) is 8.34. The van der Waals surface area contributed by atoms with E-state index in [1.807, 2.05) is 0 Å². The molecule has 0 fully saturated rings. The lowest BCUT2D eigenvalue weighted by molar-refractivity contribution is -0.144. The van der Waals surface area contributed by atoms with Crippen molar-refractivity contribution >= 4 is 11.5 Å². The average molecular weight is 262 g/mol. The van der Waals surface area contributed by atoms with E-state index in [0.717, 1.165) is 18.5 Å². The van der Waals surface area contributed by atoms with Crippen LogP contribution in [-0.2, 0) is 6.18 Å². The summed E-state index contributed by atoms with van der Waals surface area (Å²) in [4.78, 5) is 6.23. The molecule has 1 aromatic heterocycles. The molecule has 0 aliphatic heterocycles. The van der Waals surface area contributed by atoms with Crippen molar-refractivity contribution in [1.29, 1.82) is 5.41 Å². The van der Waals surface area contributed by atoms with Crippen LogP contribution in [0.4, 0.5) is 23.4 Å². The van der Waals surface area contributed by atoms with Crippen LogP contribution in [0.2, 0.25) is 0 Å². The van der Waals surface area contributed by atoms with E-state index in [0.29, 0.717) is 0 Å². The van der Waals surface area contributed by atoms with Gasteiger partial charge >= 0.3 is 6.18 Å². The Hall–Kier alpha value is -1.99. The minimum Gasteiger partial charge on any atom is -0.344 e. The summed E-state index contributed by atoms with van der Waals surface area (Å²) in [5, 5.41) is 9.40. The molecule has 0 radical (unpaired) electrons. The standard InChI is InChI=1S/C10H10F4N4/c1-2-7(15)6(11)5-17-8-3-4-16-9(18-8)10(12,13)14/h3-5,15H,2H2,1H3,(H,16,17,18)/b6-5+,15-7?. The van der Waals surface area contributed by atoms with Gasteiger partial charge in [-0.25, -0.2) is 14.4 Å². The Bertz CT molecular complexity index is 467. The summed E-state index contributed by atoms with van der Waals surface area (Å²) in [5.74, 6) is -2.37. The van der Waals surface area contributed by atoms with Crippen LogP contribution in [0, 0.1) is 5.41 Å². The van der Waals surface area contributed by atoms with Gasteiger partial charge in [0.05, 0.1) is 5.71 Å². The summed E-state index contributed by atoms with van der Waals surface area (Å²) < 4.78 is 49.9. The summed E-state index contributed by atoms with van der Waals surface area (Å²) in [6.45, 7) is 1.59. The highest BCUT2D eigenvalue weighted by Crippen LogP contribution is 2.26. The molecule has 2 N–H and O–H groups in total. The Kier molecular flexibility index (Phi) is 4.35. The molecule has 0 aliphatic carbocycles. The van der Waals surface area contributed by atoms with Crippen molar-refractivity contribution in [3.05, 3.63) is 30.1 Å². The number of halogens is 4. The van der Waals surface area contributed by atoms with Crippen molar-refractivity contribution < 1.29 is 17.6 Å². The molecule has 4 nitrogen and oxygen atoms in total. The zero-order valence-electron chi connectivity index (χ0n) is 9.35. The van der Waals surface area contributed by atoms with E-state index in [1.54, 1.807) is 6.92 Å². The van der Waals surface area contributed by atoms with Gasteiger partial charge < -0.3 is 10.7 Å². The zero-order valence-corrected chi connectivity index (χ0v) is 9.35. The molecule has 0 saturated carbocycles. The monoisotopic (exact) mass is 262 g/mol. The van der Waals surface area contributed by atoms with E-state index >= 15 is 0 Å². The van der Waals surface area contributed by atoms with Crippen LogP contribution >= 0.6 is 0 Å². The number of hydrogen-bond acceptors (Lipinski definition) is 4. The molecule has 0 aliphatic rings. The average Bonchev–Trinajstić information content (AvgIpc) is 2.34. The van der Waals surface area contributed by atoms with Crippen molar-refractivity contribution in [2.75, 3.05) is 5.32 Å². The number of rotatable bonds is 4. The predicted octanol–water partition coefficient (Wildman–Crippen LogP) is 3.15. The largest absolute Gasteiger partial charge is 0.451 e. The lowest BCUT2D eigenvalue weighted by Gasteiger charge is -2.06. The first kappa shape index (κ1) is 14.1. The van der Waals surface area contributed by atoms with Gasteiger partial charge in [0.1, 0.15) is 5.82 Å². The normalized spacial score (nSPS) is 12.4. The molecule has 1 heterocycles. The smallest absolute Gasteiger partial charge is 0.344 e. The molecular formula is C10H10F4N4. The van der Waals surface area contributed by atoms with Crippen LogP contribution in [0.25, 0.3) is 0 Å². The molecule has 0 saturated heterocycles. The van der Waals surface area contributed by atoms with Crippen molar-refractivity contribution in [1.82, 2.24) is 9.97 Å². The molecule has 0 atom stereocenters. The zero-order chi connectivity index (χ0) is 13.8. The first-order valence-corrected chi connectivity index (χ1v) is 4.94. The van der Waals surface area contributed by atoms with Gasteiger partial charge in [-0.3, -0.25) is 0 Å². The lowest BCUT2D eigenvalue weighted by atomic mass is 10.3. The third-order valence-electron chi connectivity index (χ3n) is 1.90. The molecular weight excluding hydrogens is 252 g/mol. The molecule has 1 aromatic rings. The highest BCUT2D eigenvalue weighted by molar-refractivity contribution is 5.95. The SMILES string of the molecule is CCC(=N)/C(F)=C\Nc1ccnc(C(F)(F)F)n1. The van der Waals surface area contributed by atoms with Gasteiger partial charge in [-0.05, 0) is 12.5 Å². The fraction of sp³-hybridized carbons (Fsp3) is 0.300. The Labute approximate surface area is 100 Å². The Morgan fingerprint density at radius 2 is 2.17 bits per heavy atom. The second-order valence-electron chi connectivity index (χ2n) is 3.23. The third kappa shape index (κ3) is 3.79. The summed E-state index contributed by atoms with van der Waals surface area (Å²) in [6.07, 6.45) is -2.78. The molecule has 0 spiro atoms. The van der Waals surface area contributed by atoms with E-state index in [-0.39, 0.29) is 18.0 Å². The van der Waals surface area contributed by atoms with Crippen LogP contribution in [-0.4, -0.2) is 15.7 Å². The van der Waals surface area contributed by atoms with Gasteiger partial charge in [-0.15, -0.1) is 0 Å². The maximum Gasteiger partial charge on any atom is 0.451 e. The summed E-state index contributed by atoms with van der Waals surface area (Å²) in [7, 11) is 0. The van der Waals surface area contributed by atoms with Crippen LogP contribution in [0.5, 0.6) is 0 Å². The maximum absolute atomic E-state index is 13.1. The molecule has 0 bridgehead atoms. The highest BCUT2D eigenvalue weighted by atomic mass is 19.4. The molecule has 0 unspecified atom stereocenters. The fourth-order valence-electron chi connectivity index (χ4n) is 0.969. The third-order valence-corrected chi connectivity index (χ3v) is 1.90. The van der Waals surface area contributed by atoms with Crippen LogP contribution in [0.1, 0.15) is 19.2 Å². The van der Waals surface area contributed by atoms with Crippen LogP contribution in [0.3, 0.4) is 0 Å². The quantitative estimate of drug-likeness (QED) is 0.647. The Balaban J connectivity index is 2.84. The minimum absolute atomic E-state index is 0.182. The molecule has 0 amide bonds. The van der Waals surface area contributed by atoms with Crippen molar-refractivity contribution in [3.8, 4) is 0 Å². The van der Waals surface area contributed by atoms with E-state index in [2.05, 4.69) is 15.3 Å². The van der Waals surface area contributed by atoms with E-state index in [1.165, 1.54) is 0 Å². The Morgan fingerprint density at radius 1 is 1.50 bits per heavy atom. The predicted molar refractivity (Wildman–Crippen MR) is 57.9 cm³/mol. The number of anilines is 1. The second kappa shape index (κ2) is 5.56. The van der Waals surface area contributed by atoms with Crippen LogP contribution < -0.4 is 5.32 Å². The number of hydrogen-bond donors (Lipinski definition) is 2. The van der Waals surface area contributed by atoms with Gasteiger partial charge in [0.2, 0.25) is 5.82 Å². The summed E-state index contributed by atoms with van der Waals surface area (Å²) in [6, 6.07) is 1.16. The summed E-state index contributed by atoms with van der Waals surface area (Å²) in [5.41, 5.74) is -0.257. The first-order valence-electron chi connectivity index (χ1n) is 4.94. The van der Waals surface area contributed by atoms with Gasteiger partial charge in [0, 0.05) is 12.4 Å². The fourth-order valence-corrected chi connectivity index (χ4v) is 0.969. The molecule has 8 heteroatoms. The molecule has 18 heavy (non-hydrogen) atoms. The minimum atomic E-state index is -4.66. The van der Waals surface area contributed by atoms with E-state index < -0.39 is 17.8 Å². The molecule has 98 valence electrons. The van der Waals surface area contributed by atoms with Crippen molar-refractivity contribution in [3.63, 3.8) is 0 Å². The van der Waals surface area contributed by atoms with Gasteiger partial charge in [-0.1, -0.05) is 6.92 Å². The maximum atomic E-state index is 13.1. The lowest BCUT2D eigenvalue weighted by Crippen LogP contribution is -2.11. The van der Waals surface area contributed by atoms with Gasteiger partial charge in [0.25, 0.3) is 0 Å². The topological polar surface area (TPSA) is 61.7 Å². The van der Waals surface area contributed by atoms with Crippen molar-refractivity contribution in [2.24, 2.45) is 0 Å². The molecule has 0 aromatic carbocycles.